The maximum absolute atomic E-state index is 11.0. The third-order valence-electron chi connectivity index (χ3n) is 3.75. The molecule has 6 nitrogen and oxygen atoms in total. The first-order chi connectivity index (χ1) is 11.3. The molecule has 6 heteroatoms. The van der Waals surface area contributed by atoms with Gasteiger partial charge in [0, 0.05) is 26.2 Å². The molecule has 0 saturated heterocycles. The zero-order chi connectivity index (χ0) is 19.1. The molecular weight excluding hydrogens is 308 g/mol. The third-order valence-corrected chi connectivity index (χ3v) is 3.75. The van der Waals surface area contributed by atoms with E-state index in [0.29, 0.717) is 30.2 Å². The van der Waals surface area contributed by atoms with Crippen molar-refractivity contribution in [3.05, 3.63) is 24.1 Å². The second-order valence-electron chi connectivity index (χ2n) is 5.59. The molecule has 0 aromatic rings. The molecule has 0 spiro atoms. The fourth-order valence-corrected chi connectivity index (χ4v) is 1.53. The summed E-state index contributed by atoms with van der Waals surface area (Å²) in [6, 6.07) is 0.382. The van der Waals surface area contributed by atoms with Gasteiger partial charge < -0.3 is 15.0 Å². The molecule has 0 aliphatic rings. The molecule has 0 rings (SSSR count). The Morgan fingerprint density at radius 1 is 1.25 bits per heavy atom. The van der Waals surface area contributed by atoms with Crippen molar-refractivity contribution in [2.24, 2.45) is 5.92 Å². The highest BCUT2D eigenvalue weighted by atomic mass is 16.5. The molecule has 1 amide bonds. The first kappa shape index (κ1) is 24.1. The standard InChI is InChI=1S/C12H19NO3.C6H13NO/c1-5-9(3)7-10(8-14)12(13-4)16-11(15)6-2;1-4-6(2)7(3)5-8/h6,8-9,13H,2,5,7H2,1,3-4H3;5-6H,4H2,1-3H3/b12-10+;. The van der Waals surface area contributed by atoms with Crippen LogP contribution in [0.1, 0.15) is 47.0 Å². The van der Waals surface area contributed by atoms with Crippen LogP contribution in [0.2, 0.25) is 0 Å². The van der Waals surface area contributed by atoms with E-state index in [1.807, 2.05) is 20.8 Å². The molecule has 0 heterocycles. The van der Waals surface area contributed by atoms with Crippen LogP contribution in [0.25, 0.3) is 0 Å². The van der Waals surface area contributed by atoms with Crippen LogP contribution in [0, 0.1) is 5.92 Å². The lowest BCUT2D eigenvalue weighted by Gasteiger charge is -2.17. The highest BCUT2D eigenvalue weighted by Gasteiger charge is 2.12. The zero-order valence-electron chi connectivity index (χ0n) is 15.8. The van der Waals surface area contributed by atoms with Gasteiger partial charge in [0.15, 0.2) is 6.29 Å². The topological polar surface area (TPSA) is 75.7 Å². The summed E-state index contributed by atoms with van der Waals surface area (Å²) >= 11 is 0. The van der Waals surface area contributed by atoms with Crippen LogP contribution in [0.5, 0.6) is 0 Å². The molecule has 138 valence electrons. The van der Waals surface area contributed by atoms with Crippen LogP contribution in [0.3, 0.4) is 0 Å². The molecule has 0 aromatic carbocycles. The van der Waals surface area contributed by atoms with E-state index in [2.05, 4.69) is 18.8 Å². The molecular formula is C18H32N2O4. The summed E-state index contributed by atoms with van der Waals surface area (Å²) in [4.78, 5) is 33.6. The van der Waals surface area contributed by atoms with Crippen molar-refractivity contribution < 1.29 is 19.1 Å². The van der Waals surface area contributed by atoms with Gasteiger partial charge in [0.05, 0.1) is 5.57 Å². The number of amides is 1. The molecule has 24 heavy (non-hydrogen) atoms. The van der Waals surface area contributed by atoms with Gasteiger partial charge in [-0.3, -0.25) is 9.59 Å². The van der Waals surface area contributed by atoms with Gasteiger partial charge in [0.25, 0.3) is 0 Å². The lowest BCUT2D eigenvalue weighted by atomic mass is 10.00. The van der Waals surface area contributed by atoms with E-state index in [1.54, 1.807) is 19.0 Å². The quantitative estimate of drug-likeness (QED) is 0.286. The molecule has 2 unspecified atom stereocenters. The smallest absolute Gasteiger partial charge is 0.336 e. The summed E-state index contributed by atoms with van der Waals surface area (Å²) in [6.45, 7) is 11.5. The van der Waals surface area contributed by atoms with E-state index >= 15 is 0 Å². The Morgan fingerprint density at radius 2 is 1.83 bits per heavy atom. The first-order valence-corrected chi connectivity index (χ1v) is 8.18. The van der Waals surface area contributed by atoms with E-state index < -0.39 is 5.97 Å². The number of hydrogen-bond acceptors (Lipinski definition) is 5. The zero-order valence-corrected chi connectivity index (χ0v) is 15.8. The Labute approximate surface area is 145 Å². The van der Waals surface area contributed by atoms with Gasteiger partial charge >= 0.3 is 5.97 Å². The second kappa shape index (κ2) is 14.5. The van der Waals surface area contributed by atoms with Crippen LogP contribution >= 0.6 is 0 Å². The van der Waals surface area contributed by atoms with Crippen LogP contribution in [-0.4, -0.2) is 43.7 Å². The minimum Gasteiger partial charge on any atom is -0.406 e. The average Bonchev–Trinajstić information content (AvgIpc) is 2.62. The Balaban J connectivity index is 0. The lowest BCUT2D eigenvalue weighted by molar-refractivity contribution is -0.134. The number of carbonyl (C=O) groups excluding carboxylic acids is 3. The Kier molecular flexibility index (Phi) is 14.6. The molecule has 2 atom stereocenters. The lowest BCUT2D eigenvalue weighted by Crippen LogP contribution is -2.26. The number of nitrogens with zero attached hydrogens (tertiary/aromatic N) is 1. The highest BCUT2D eigenvalue weighted by molar-refractivity contribution is 5.83. The SMILES string of the molecule is C=CC(=O)O/C(NC)=C(/C=O)CC(C)CC.CCC(C)N(C)C=O. The maximum Gasteiger partial charge on any atom is 0.336 e. The largest absolute Gasteiger partial charge is 0.406 e. The number of esters is 1. The molecule has 0 radical (unpaired) electrons. The molecule has 0 aromatic heterocycles. The maximum atomic E-state index is 11.0. The number of nitrogens with one attached hydrogen (secondary N) is 1. The minimum absolute atomic E-state index is 0.209. The van der Waals surface area contributed by atoms with Gasteiger partial charge in [-0.1, -0.05) is 33.8 Å². The molecule has 0 fully saturated rings. The van der Waals surface area contributed by atoms with Gasteiger partial charge in [0.2, 0.25) is 12.3 Å². The Hall–Kier alpha value is -2.11. The predicted molar refractivity (Wildman–Crippen MR) is 96.1 cm³/mol. The van der Waals surface area contributed by atoms with E-state index in [9.17, 15) is 14.4 Å². The highest BCUT2D eigenvalue weighted by Crippen LogP contribution is 2.15. The number of allylic oxidation sites excluding steroid dienone is 1. The average molecular weight is 340 g/mol. The minimum atomic E-state index is -0.576. The van der Waals surface area contributed by atoms with E-state index in [0.717, 1.165) is 25.3 Å². The van der Waals surface area contributed by atoms with E-state index in [1.165, 1.54) is 0 Å². The number of hydrogen-bond donors (Lipinski definition) is 1. The number of rotatable bonds is 10. The number of carbonyl (C=O) groups is 3. The second-order valence-corrected chi connectivity index (χ2v) is 5.59. The summed E-state index contributed by atoms with van der Waals surface area (Å²) < 4.78 is 4.93. The van der Waals surface area contributed by atoms with Crippen molar-refractivity contribution >= 4 is 18.7 Å². The summed E-state index contributed by atoms with van der Waals surface area (Å²) in [5, 5.41) is 2.71. The Morgan fingerprint density at radius 3 is 2.12 bits per heavy atom. The number of ether oxygens (including phenoxy) is 1. The molecule has 1 N–H and O–H groups in total. The summed E-state index contributed by atoms with van der Waals surface area (Å²) in [5.41, 5.74) is 0.465. The van der Waals surface area contributed by atoms with E-state index in [4.69, 9.17) is 4.74 Å². The van der Waals surface area contributed by atoms with Gasteiger partial charge in [-0.15, -0.1) is 0 Å². The summed E-state index contributed by atoms with van der Waals surface area (Å²) in [5.74, 6) is -0.000894. The van der Waals surface area contributed by atoms with Gasteiger partial charge in [-0.05, 0) is 25.7 Å². The van der Waals surface area contributed by atoms with Crippen molar-refractivity contribution in [1.82, 2.24) is 10.2 Å². The fraction of sp³-hybridized carbons (Fsp3) is 0.611. The summed E-state index contributed by atoms with van der Waals surface area (Å²) in [6.07, 6.45) is 5.20. The van der Waals surface area contributed by atoms with Crippen LogP contribution < -0.4 is 5.32 Å². The molecule has 0 aliphatic carbocycles. The van der Waals surface area contributed by atoms with Crippen LogP contribution in [0.15, 0.2) is 24.1 Å². The van der Waals surface area contributed by atoms with Crippen molar-refractivity contribution in [3.8, 4) is 0 Å². The van der Waals surface area contributed by atoms with Crippen molar-refractivity contribution in [1.29, 1.82) is 0 Å². The van der Waals surface area contributed by atoms with Crippen molar-refractivity contribution in [2.45, 2.75) is 53.0 Å². The van der Waals surface area contributed by atoms with E-state index in [-0.39, 0.29) is 5.88 Å². The molecule has 0 aliphatic heterocycles. The molecule has 0 saturated carbocycles. The van der Waals surface area contributed by atoms with Crippen molar-refractivity contribution in [3.63, 3.8) is 0 Å². The Bertz CT molecular complexity index is 433. The van der Waals surface area contributed by atoms with Crippen molar-refractivity contribution in [2.75, 3.05) is 14.1 Å². The third kappa shape index (κ3) is 10.6. The predicted octanol–water partition coefficient (Wildman–Crippen LogP) is 2.65. The van der Waals surface area contributed by atoms with Gasteiger partial charge in [-0.25, -0.2) is 4.79 Å². The monoisotopic (exact) mass is 340 g/mol. The number of aldehydes is 1. The molecule has 0 bridgehead atoms. The van der Waals surface area contributed by atoms with Crippen LogP contribution in [0.4, 0.5) is 0 Å². The van der Waals surface area contributed by atoms with Gasteiger partial charge in [0.1, 0.15) is 0 Å². The van der Waals surface area contributed by atoms with Gasteiger partial charge in [-0.2, -0.15) is 0 Å². The fourth-order valence-electron chi connectivity index (χ4n) is 1.53. The first-order valence-electron chi connectivity index (χ1n) is 8.18. The normalized spacial score (nSPS) is 13.2. The van der Waals surface area contributed by atoms with Crippen LogP contribution in [-0.2, 0) is 19.1 Å². The summed E-state index contributed by atoms with van der Waals surface area (Å²) in [7, 11) is 3.40.